The first-order valence-electron chi connectivity index (χ1n) is 5.28. The van der Waals surface area contributed by atoms with E-state index in [1.54, 1.807) is 0 Å². The molecule has 1 unspecified atom stereocenters. The number of nitrogens with one attached hydrogen (secondary N) is 1. The van der Waals surface area contributed by atoms with Crippen LogP contribution in [0.25, 0.3) is 0 Å². The van der Waals surface area contributed by atoms with Gasteiger partial charge in [-0.05, 0) is 18.2 Å². The van der Waals surface area contributed by atoms with Gasteiger partial charge >= 0.3 is 5.97 Å². The van der Waals surface area contributed by atoms with E-state index in [0.717, 1.165) is 11.6 Å². The summed E-state index contributed by atoms with van der Waals surface area (Å²) >= 11 is 0. The van der Waals surface area contributed by atoms with Gasteiger partial charge in [-0.3, -0.25) is 9.78 Å². The molecule has 1 aliphatic heterocycles. The predicted molar refractivity (Wildman–Crippen MR) is 65.4 cm³/mol. The van der Waals surface area contributed by atoms with Crippen LogP contribution in [-0.2, 0) is 9.84 Å². The summed E-state index contributed by atoms with van der Waals surface area (Å²) in [6.45, 7) is 0. The van der Waals surface area contributed by atoms with Crippen LogP contribution in [0.15, 0.2) is 29.8 Å². The van der Waals surface area contributed by atoms with Gasteiger partial charge in [0, 0.05) is 11.6 Å². The third kappa shape index (κ3) is 3.16. The van der Waals surface area contributed by atoms with Crippen LogP contribution in [0.1, 0.15) is 20.8 Å². The molecule has 7 nitrogen and oxygen atoms in total. The van der Waals surface area contributed by atoms with Crippen molar-refractivity contribution in [3.05, 3.63) is 41.1 Å². The van der Waals surface area contributed by atoms with Gasteiger partial charge in [0.15, 0.2) is 9.84 Å². The van der Waals surface area contributed by atoms with Gasteiger partial charge in [0.2, 0.25) is 0 Å². The van der Waals surface area contributed by atoms with Crippen LogP contribution in [0.3, 0.4) is 0 Å². The molecule has 0 saturated heterocycles. The largest absolute Gasteiger partial charge is 0.478 e. The van der Waals surface area contributed by atoms with Crippen molar-refractivity contribution in [3.63, 3.8) is 0 Å². The Hall–Kier alpha value is -2.22. The van der Waals surface area contributed by atoms with Crippen LogP contribution < -0.4 is 5.32 Å². The fourth-order valence-corrected chi connectivity index (χ4v) is 2.80. The number of sulfone groups is 1. The van der Waals surface area contributed by atoms with Crippen molar-refractivity contribution >= 4 is 21.7 Å². The van der Waals surface area contributed by atoms with Gasteiger partial charge in [-0.1, -0.05) is 0 Å². The lowest BCUT2D eigenvalue weighted by atomic mass is 10.2. The number of carboxylic acid groups (broad SMARTS) is 1. The van der Waals surface area contributed by atoms with E-state index in [4.69, 9.17) is 5.11 Å². The molecule has 8 heteroatoms. The average molecular weight is 282 g/mol. The minimum atomic E-state index is -3.23. The molecule has 1 atom stereocenters. The molecule has 2 heterocycles. The Kier molecular flexibility index (Phi) is 3.34. The topological polar surface area (TPSA) is 113 Å². The van der Waals surface area contributed by atoms with Crippen molar-refractivity contribution in [2.45, 2.75) is 6.04 Å². The van der Waals surface area contributed by atoms with Gasteiger partial charge in [0.1, 0.15) is 5.69 Å². The lowest BCUT2D eigenvalue weighted by Crippen LogP contribution is -2.35. The van der Waals surface area contributed by atoms with E-state index in [2.05, 4.69) is 10.3 Å². The minimum Gasteiger partial charge on any atom is -0.478 e. The summed E-state index contributed by atoms with van der Waals surface area (Å²) in [4.78, 5) is 26.1. The van der Waals surface area contributed by atoms with Crippen LogP contribution in [0.2, 0.25) is 0 Å². The van der Waals surface area contributed by atoms with Gasteiger partial charge in [0.05, 0.1) is 17.4 Å². The first-order valence-corrected chi connectivity index (χ1v) is 7.00. The minimum absolute atomic E-state index is 0.0279. The number of hydrogen-bond donors (Lipinski definition) is 2. The van der Waals surface area contributed by atoms with Crippen LogP contribution in [0.4, 0.5) is 0 Å². The van der Waals surface area contributed by atoms with Crippen molar-refractivity contribution in [2.24, 2.45) is 0 Å². The van der Waals surface area contributed by atoms with E-state index in [0.29, 0.717) is 0 Å². The molecule has 2 rings (SSSR count). The third-order valence-corrected chi connectivity index (χ3v) is 3.89. The molecule has 0 radical (unpaired) electrons. The number of pyridine rings is 1. The van der Waals surface area contributed by atoms with Crippen LogP contribution in [-0.4, -0.2) is 42.2 Å². The zero-order valence-corrected chi connectivity index (χ0v) is 10.4. The number of aromatic carboxylic acids is 1. The van der Waals surface area contributed by atoms with Crippen molar-refractivity contribution in [1.82, 2.24) is 10.3 Å². The van der Waals surface area contributed by atoms with Crippen LogP contribution in [0.5, 0.6) is 0 Å². The van der Waals surface area contributed by atoms with Crippen molar-refractivity contribution in [2.75, 3.05) is 5.75 Å². The normalized spacial score (nSPS) is 20.1. The Labute approximate surface area is 108 Å². The number of carboxylic acids is 1. The highest BCUT2D eigenvalue weighted by molar-refractivity contribution is 7.94. The smallest absolute Gasteiger partial charge is 0.337 e. The van der Waals surface area contributed by atoms with Gasteiger partial charge in [-0.2, -0.15) is 0 Å². The number of carbonyl (C=O) groups is 2. The fourth-order valence-electron chi connectivity index (χ4n) is 1.56. The summed E-state index contributed by atoms with van der Waals surface area (Å²) in [5.74, 6) is -1.86. The summed E-state index contributed by atoms with van der Waals surface area (Å²) in [7, 11) is -3.23. The maximum atomic E-state index is 11.7. The molecule has 19 heavy (non-hydrogen) atoms. The van der Waals surface area contributed by atoms with Crippen LogP contribution >= 0.6 is 0 Å². The number of rotatable bonds is 3. The van der Waals surface area contributed by atoms with Crippen molar-refractivity contribution in [3.8, 4) is 0 Å². The molecule has 0 aromatic carbocycles. The van der Waals surface area contributed by atoms with Gasteiger partial charge in [-0.15, -0.1) is 0 Å². The first kappa shape index (κ1) is 13.2. The molecule has 0 saturated carbocycles. The zero-order chi connectivity index (χ0) is 14.0. The molecular weight excluding hydrogens is 272 g/mol. The van der Waals surface area contributed by atoms with E-state index in [1.165, 1.54) is 18.2 Å². The van der Waals surface area contributed by atoms with Crippen molar-refractivity contribution < 1.29 is 23.1 Å². The highest BCUT2D eigenvalue weighted by Gasteiger charge is 2.23. The fraction of sp³-hybridized carbons (Fsp3) is 0.182. The second-order valence-corrected chi connectivity index (χ2v) is 5.91. The number of aromatic nitrogens is 1. The highest BCUT2D eigenvalue weighted by Crippen LogP contribution is 2.09. The number of nitrogens with zero attached hydrogens (tertiary/aromatic N) is 1. The molecular formula is C11H10N2O5S. The Bertz CT molecular complexity index is 648. The lowest BCUT2D eigenvalue weighted by Gasteiger charge is -2.09. The number of amides is 1. The number of hydrogen-bond acceptors (Lipinski definition) is 5. The summed E-state index contributed by atoms with van der Waals surface area (Å²) < 4.78 is 22.3. The standard InChI is InChI=1S/C11H10N2O5S/c14-10(13-8-3-4-19(17,18)6-8)9-2-1-7(5-12-9)11(15)16/h1-5,8H,6H2,(H,13,14)(H,15,16). The maximum absolute atomic E-state index is 11.7. The quantitative estimate of drug-likeness (QED) is 0.795. The second kappa shape index (κ2) is 4.81. The molecule has 0 fully saturated rings. The van der Waals surface area contributed by atoms with E-state index < -0.39 is 27.8 Å². The molecule has 1 aromatic heterocycles. The molecule has 1 amide bonds. The molecule has 100 valence electrons. The summed E-state index contributed by atoms with van der Waals surface area (Å²) in [6.07, 6.45) is 2.46. The molecule has 1 aliphatic rings. The Balaban J connectivity index is 2.05. The Morgan fingerprint density at radius 2 is 2.11 bits per heavy atom. The lowest BCUT2D eigenvalue weighted by molar-refractivity contribution is 0.0695. The Morgan fingerprint density at radius 1 is 1.37 bits per heavy atom. The summed E-state index contributed by atoms with van der Waals surface area (Å²) in [6, 6.07) is 1.94. The first-order chi connectivity index (χ1) is 8.87. The predicted octanol–water partition coefficient (Wildman–Crippen LogP) is -0.180. The number of carbonyl (C=O) groups excluding carboxylic acids is 1. The van der Waals surface area contributed by atoms with E-state index in [9.17, 15) is 18.0 Å². The molecule has 0 spiro atoms. The van der Waals surface area contributed by atoms with Crippen LogP contribution in [0, 0.1) is 0 Å². The zero-order valence-electron chi connectivity index (χ0n) is 9.61. The van der Waals surface area contributed by atoms with Gasteiger partial charge in [-0.25, -0.2) is 13.2 Å². The molecule has 1 aromatic rings. The Morgan fingerprint density at radius 3 is 2.58 bits per heavy atom. The summed E-state index contributed by atoms with van der Waals surface area (Å²) in [5, 5.41) is 12.2. The molecule has 0 aliphatic carbocycles. The maximum Gasteiger partial charge on any atom is 0.337 e. The molecule has 2 N–H and O–H groups in total. The monoisotopic (exact) mass is 282 g/mol. The van der Waals surface area contributed by atoms with E-state index in [-0.39, 0.29) is 17.0 Å². The van der Waals surface area contributed by atoms with E-state index >= 15 is 0 Å². The summed E-state index contributed by atoms with van der Waals surface area (Å²) in [5.41, 5.74) is 0.00240. The third-order valence-electron chi connectivity index (χ3n) is 2.49. The SMILES string of the molecule is O=C(O)c1ccc(C(=O)NC2C=CS(=O)(=O)C2)nc1. The highest BCUT2D eigenvalue weighted by atomic mass is 32.2. The van der Waals surface area contributed by atoms with E-state index in [1.807, 2.05) is 0 Å². The van der Waals surface area contributed by atoms with Gasteiger partial charge in [0.25, 0.3) is 5.91 Å². The second-order valence-electron chi connectivity index (χ2n) is 3.98. The average Bonchev–Trinajstić information content (AvgIpc) is 2.68. The van der Waals surface area contributed by atoms with Gasteiger partial charge < -0.3 is 10.4 Å². The van der Waals surface area contributed by atoms with Crippen molar-refractivity contribution in [1.29, 1.82) is 0 Å². The molecule has 0 bridgehead atoms.